The molecule has 5 N–H and O–H groups in total. The average Bonchev–Trinajstić information content (AvgIpc) is 3.19. The van der Waals surface area contributed by atoms with Crippen molar-refractivity contribution in [2.45, 2.75) is 4.90 Å². The van der Waals surface area contributed by atoms with Crippen molar-refractivity contribution >= 4 is 44.2 Å². The lowest BCUT2D eigenvalue weighted by molar-refractivity contribution is 0.0957. The van der Waals surface area contributed by atoms with E-state index in [1.54, 1.807) is 12.1 Å². The molecule has 1 heterocycles. The average molecular weight is 483 g/mol. The molecule has 0 bridgehead atoms. The van der Waals surface area contributed by atoms with E-state index in [-0.39, 0.29) is 27.4 Å². The van der Waals surface area contributed by atoms with Gasteiger partial charge in [-0.25, -0.2) is 17.6 Å². The van der Waals surface area contributed by atoms with Crippen LogP contribution in [0.1, 0.15) is 20.7 Å². The van der Waals surface area contributed by atoms with E-state index in [1.165, 1.54) is 49.5 Å². The number of rotatable bonds is 6. The molecule has 0 aliphatic rings. The minimum atomic E-state index is -4.12. The van der Waals surface area contributed by atoms with Crippen LogP contribution in [0, 0.1) is 5.82 Å². The Morgan fingerprint density at radius 3 is 2.38 bits per heavy atom. The van der Waals surface area contributed by atoms with Gasteiger partial charge in [-0.15, -0.1) is 0 Å². The monoisotopic (exact) mass is 483 g/mol. The van der Waals surface area contributed by atoms with Gasteiger partial charge in [0.1, 0.15) is 5.82 Å². The molecular formula is C22H18FN5O5S. The molecule has 0 aliphatic carbocycles. The molecule has 0 spiro atoms. The molecule has 174 valence electrons. The van der Waals surface area contributed by atoms with Gasteiger partial charge in [-0.1, -0.05) is 12.1 Å². The largest absolute Gasteiger partial charge is 0.355 e. The summed E-state index contributed by atoms with van der Waals surface area (Å²) in [6, 6.07) is 13.4. The SMILES string of the molecule is CNC(=O)c1cc(NC(=O)c2ccccc2NS(=O)(=O)c2ccc3[nH]c(=O)[nH]c3c2)ccc1F. The van der Waals surface area contributed by atoms with Crippen molar-refractivity contribution in [2.24, 2.45) is 0 Å². The molecule has 0 saturated heterocycles. The number of amides is 2. The number of benzene rings is 3. The summed E-state index contributed by atoms with van der Waals surface area (Å²) in [5, 5.41) is 4.84. The number of aromatic nitrogens is 2. The van der Waals surface area contributed by atoms with Crippen molar-refractivity contribution < 1.29 is 22.4 Å². The molecule has 0 saturated carbocycles. The Hall–Kier alpha value is -4.45. The quantitative estimate of drug-likeness (QED) is 0.285. The van der Waals surface area contributed by atoms with Crippen LogP contribution in [0.25, 0.3) is 11.0 Å². The van der Waals surface area contributed by atoms with Crippen LogP contribution in [0.4, 0.5) is 15.8 Å². The Kier molecular flexibility index (Phi) is 5.90. The second kappa shape index (κ2) is 8.83. The Bertz CT molecular complexity index is 1590. The third-order valence-electron chi connectivity index (χ3n) is 4.91. The lowest BCUT2D eigenvalue weighted by Gasteiger charge is -2.13. The molecule has 10 nitrogen and oxygen atoms in total. The van der Waals surface area contributed by atoms with Gasteiger partial charge in [0.25, 0.3) is 21.8 Å². The van der Waals surface area contributed by atoms with E-state index < -0.39 is 33.3 Å². The van der Waals surface area contributed by atoms with E-state index >= 15 is 0 Å². The fourth-order valence-electron chi connectivity index (χ4n) is 3.26. The fourth-order valence-corrected chi connectivity index (χ4v) is 4.37. The van der Waals surface area contributed by atoms with Crippen molar-refractivity contribution in [1.29, 1.82) is 0 Å². The van der Waals surface area contributed by atoms with Crippen LogP contribution in [0.3, 0.4) is 0 Å². The fraction of sp³-hybridized carbons (Fsp3) is 0.0455. The number of imidazole rings is 1. The summed E-state index contributed by atoms with van der Waals surface area (Å²) in [5.74, 6) is -2.10. The third kappa shape index (κ3) is 4.52. The summed E-state index contributed by atoms with van der Waals surface area (Å²) in [6.07, 6.45) is 0. The third-order valence-corrected chi connectivity index (χ3v) is 6.27. The maximum absolute atomic E-state index is 13.9. The van der Waals surface area contributed by atoms with Gasteiger partial charge >= 0.3 is 5.69 Å². The molecule has 12 heteroatoms. The summed E-state index contributed by atoms with van der Waals surface area (Å²) in [4.78, 5) is 41.0. The summed E-state index contributed by atoms with van der Waals surface area (Å²) in [6.45, 7) is 0. The Morgan fingerprint density at radius 2 is 1.62 bits per heavy atom. The molecule has 3 aromatic carbocycles. The smallest absolute Gasteiger partial charge is 0.323 e. The van der Waals surface area contributed by atoms with Crippen molar-refractivity contribution in [2.75, 3.05) is 17.1 Å². The first-order chi connectivity index (χ1) is 16.2. The summed E-state index contributed by atoms with van der Waals surface area (Å²) < 4.78 is 42.2. The minimum absolute atomic E-state index is 0.00343. The molecule has 34 heavy (non-hydrogen) atoms. The summed E-state index contributed by atoms with van der Waals surface area (Å²) in [7, 11) is -2.77. The number of anilines is 2. The van der Waals surface area contributed by atoms with Crippen molar-refractivity contribution in [1.82, 2.24) is 15.3 Å². The molecule has 0 fully saturated rings. The van der Waals surface area contributed by atoms with Gasteiger partial charge in [0.05, 0.1) is 32.7 Å². The topological polar surface area (TPSA) is 153 Å². The van der Waals surface area contributed by atoms with Crippen LogP contribution in [-0.4, -0.2) is 37.2 Å². The summed E-state index contributed by atoms with van der Waals surface area (Å²) in [5.41, 5.74) is 0.155. The minimum Gasteiger partial charge on any atom is -0.355 e. The van der Waals surface area contributed by atoms with E-state index in [9.17, 15) is 27.2 Å². The zero-order valence-electron chi connectivity index (χ0n) is 17.6. The molecular weight excluding hydrogens is 465 g/mol. The van der Waals surface area contributed by atoms with Crippen molar-refractivity contribution in [3.63, 3.8) is 0 Å². The number of halogens is 1. The lowest BCUT2D eigenvalue weighted by atomic mass is 10.1. The van der Waals surface area contributed by atoms with E-state index in [4.69, 9.17) is 0 Å². The Balaban J connectivity index is 1.62. The van der Waals surface area contributed by atoms with Crippen LogP contribution >= 0.6 is 0 Å². The first-order valence-corrected chi connectivity index (χ1v) is 11.3. The van der Waals surface area contributed by atoms with Gasteiger partial charge < -0.3 is 20.6 Å². The highest BCUT2D eigenvalue weighted by molar-refractivity contribution is 7.92. The number of nitrogens with one attached hydrogen (secondary N) is 5. The van der Waals surface area contributed by atoms with E-state index in [0.717, 1.165) is 6.07 Å². The number of aromatic amines is 2. The number of H-pyrrole nitrogens is 2. The molecule has 2 amide bonds. The standard InChI is InChI=1S/C22H18FN5O5S/c1-24-20(29)15-10-12(6-8-16(15)23)25-21(30)14-4-2-3-5-17(14)28-34(32,33)13-7-9-18-19(11-13)27-22(31)26-18/h2-11,28H,1H3,(H,24,29)(H,25,30)(H2,26,27,31). The molecule has 4 rings (SSSR count). The summed E-state index contributed by atoms with van der Waals surface area (Å²) >= 11 is 0. The van der Waals surface area contributed by atoms with Gasteiger partial charge in [-0.05, 0) is 48.5 Å². The molecule has 0 radical (unpaired) electrons. The first-order valence-electron chi connectivity index (χ1n) is 9.85. The molecule has 0 aliphatic heterocycles. The Labute approximate surface area is 192 Å². The number of hydrogen-bond donors (Lipinski definition) is 5. The number of fused-ring (bicyclic) bond motifs is 1. The molecule has 4 aromatic rings. The van der Waals surface area contributed by atoms with Gasteiger partial charge in [0.15, 0.2) is 0 Å². The second-order valence-corrected chi connectivity index (χ2v) is 8.85. The zero-order valence-corrected chi connectivity index (χ0v) is 18.4. The molecule has 1 aromatic heterocycles. The predicted molar refractivity (Wildman–Crippen MR) is 124 cm³/mol. The van der Waals surface area contributed by atoms with Crippen LogP contribution in [0.5, 0.6) is 0 Å². The van der Waals surface area contributed by atoms with Crippen LogP contribution < -0.4 is 21.0 Å². The van der Waals surface area contributed by atoms with E-state index in [2.05, 4.69) is 25.3 Å². The maximum Gasteiger partial charge on any atom is 0.323 e. The van der Waals surface area contributed by atoms with Crippen LogP contribution in [0.15, 0.2) is 70.4 Å². The highest BCUT2D eigenvalue weighted by Crippen LogP contribution is 2.23. The zero-order chi connectivity index (χ0) is 24.5. The van der Waals surface area contributed by atoms with Crippen molar-refractivity contribution in [3.8, 4) is 0 Å². The number of carbonyl (C=O) groups is 2. The molecule has 0 unspecified atom stereocenters. The van der Waals surface area contributed by atoms with Crippen molar-refractivity contribution in [3.05, 3.63) is 88.1 Å². The van der Waals surface area contributed by atoms with Crippen LogP contribution in [-0.2, 0) is 10.0 Å². The first kappa shape index (κ1) is 22.7. The van der Waals surface area contributed by atoms with E-state index in [1.807, 2.05) is 0 Å². The highest BCUT2D eigenvalue weighted by atomic mass is 32.2. The number of sulfonamides is 1. The predicted octanol–water partition coefficient (Wildman–Crippen LogP) is 2.41. The Morgan fingerprint density at radius 1 is 0.882 bits per heavy atom. The van der Waals surface area contributed by atoms with Crippen LogP contribution in [0.2, 0.25) is 0 Å². The number of carbonyl (C=O) groups excluding carboxylic acids is 2. The number of hydrogen-bond acceptors (Lipinski definition) is 5. The van der Waals surface area contributed by atoms with Gasteiger partial charge in [-0.2, -0.15) is 0 Å². The van der Waals surface area contributed by atoms with Gasteiger partial charge in [-0.3, -0.25) is 14.3 Å². The molecule has 0 atom stereocenters. The normalized spacial score (nSPS) is 11.2. The maximum atomic E-state index is 13.9. The van der Waals surface area contributed by atoms with Gasteiger partial charge in [0.2, 0.25) is 0 Å². The highest BCUT2D eigenvalue weighted by Gasteiger charge is 2.20. The second-order valence-electron chi connectivity index (χ2n) is 7.17. The van der Waals surface area contributed by atoms with Gasteiger partial charge in [0, 0.05) is 12.7 Å². The lowest BCUT2D eigenvalue weighted by Crippen LogP contribution is -2.21. The number of para-hydroxylation sites is 1. The van der Waals surface area contributed by atoms with E-state index in [0.29, 0.717) is 11.0 Å².